The zero-order chi connectivity index (χ0) is 8.74. The molecule has 0 aliphatic carbocycles. The van der Waals surface area contributed by atoms with Gasteiger partial charge in [-0.25, -0.2) is 4.89 Å². The van der Waals surface area contributed by atoms with Gasteiger partial charge in [0.1, 0.15) is 6.61 Å². The standard InChI is InChI=1S/C6H10O4S/c1-3-5-9-10-11(7,8)6-4-2/h3-4,6H,1,5H2,2H3. The number of hydrogen-bond donors (Lipinski definition) is 0. The van der Waals surface area contributed by atoms with Gasteiger partial charge >= 0.3 is 10.1 Å². The SMILES string of the molecule is C=CCOOS(=O)(=O)C=CC. The largest absolute Gasteiger partial charge is 0.315 e. The highest BCUT2D eigenvalue weighted by Crippen LogP contribution is 1.95. The zero-order valence-electron chi connectivity index (χ0n) is 6.19. The van der Waals surface area contributed by atoms with Crippen molar-refractivity contribution in [3.8, 4) is 0 Å². The minimum absolute atomic E-state index is 0.0385. The molecule has 64 valence electrons. The van der Waals surface area contributed by atoms with E-state index in [0.717, 1.165) is 5.41 Å². The molecule has 0 aromatic heterocycles. The van der Waals surface area contributed by atoms with Crippen molar-refractivity contribution in [1.29, 1.82) is 0 Å². The summed E-state index contributed by atoms with van der Waals surface area (Å²) in [6.07, 6.45) is 2.72. The Morgan fingerprint density at radius 1 is 1.55 bits per heavy atom. The van der Waals surface area contributed by atoms with Crippen molar-refractivity contribution in [1.82, 2.24) is 0 Å². The zero-order valence-corrected chi connectivity index (χ0v) is 7.00. The molecule has 0 fully saturated rings. The highest BCUT2D eigenvalue weighted by Gasteiger charge is 2.04. The van der Waals surface area contributed by atoms with Gasteiger partial charge in [0.2, 0.25) is 0 Å². The molecule has 0 aliphatic heterocycles. The fourth-order valence-corrected chi connectivity index (χ4v) is 0.901. The Labute approximate surface area is 66.2 Å². The highest BCUT2D eigenvalue weighted by atomic mass is 32.2. The summed E-state index contributed by atoms with van der Waals surface area (Å²) >= 11 is 0. The third kappa shape index (κ3) is 5.78. The van der Waals surface area contributed by atoms with Crippen molar-refractivity contribution in [3.63, 3.8) is 0 Å². The minimum atomic E-state index is -3.65. The molecular formula is C6H10O4S. The van der Waals surface area contributed by atoms with Gasteiger partial charge in [-0.1, -0.05) is 12.2 Å². The van der Waals surface area contributed by atoms with Gasteiger partial charge in [0.25, 0.3) is 0 Å². The first-order valence-corrected chi connectivity index (χ1v) is 4.39. The lowest BCUT2D eigenvalue weighted by molar-refractivity contribution is -0.188. The van der Waals surface area contributed by atoms with Crippen LogP contribution in [0.4, 0.5) is 0 Å². The van der Waals surface area contributed by atoms with Gasteiger partial charge in [-0.2, -0.15) is 8.42 Å². The molecule has 0 N–H and O–H groups in total. The van der Waals surface area contributed by atoms with Crippen molar-refractivity contribution >= 4 is 10.1 Å². The van der Waals surface area contributed by atoms with E-state index in [-0.39, 0.29) is 6.61 Å². The lowest BCUT2D eigenvalue weighted by Gasteiger charge is -1.96. The van der Waals surface area contributed by atoms with Gasteiger partial charge in [-0.05, 0) is 6.92 Å². The van der Waals surface area contributed by atoms with E-state index < -0.39 is 10.1 Å². The third-order valence-electron chi connectivity index (χ3n) is 0.632. The molecule has 0 radical (unpaired) electrons. The van der Waals surface area contributed by atoms with E-state index in [9.17, 15) is 8.42 Å². The Morgan fingerprint density at radius 3 is 2.64 bits per heavy atom. The van der Waals surface area contributed by atoms with E-state index in [2.05, 4.69) is 15.8 Å². The average molecular weight is 178 g/mol. The van der Waals surface area contributed by atoms with Crippen LogP contribution in [0.1, 0.15) is 6.92 Å². The summed E-state index contributed by atoms with van der Waals surface area (Å²) in [5.41, 5.74) is 0. The van der Waals surface area contributed by atoms with E-state index in [1.807, 2.05) is 0 Å². The molecule has 0 atom stereocenters. The number of rotatable bonds is 5. The molecule has 11 heavy (non-hydrogen) atoms. The topological polar surface area (TPSA) is 52.6 Å². The van der Waals surface area contributed by atoms with Crippen LogP contribution < -0.4 is 0 Å². The van der Waals surface area contributed by atoms with E-state index >= 15 is 0 Å². The van der Waals surface area contributed by atoms with Crippen molar-refractivity contribution in [2.45, 2.75) is 6.92 Å². The Balaban J connectivity index is 3.84. The molecule has 0 bridgehead atoms. The first-order chi connectivity index (χ1) is 5.12. The summed E-state index contributed by atoms with van der Waals surface area (Å²) in [5, 5.41) is 0.899. The molecule has 0 heterocycles. The number of allylic oxidation sites excluding steroid dienone is 1. The lowest BCUT2D eigenvalue weighted by atomic mass is 10.7. The quantitative estimate of drug-likeness (QED) is 0.272. The second-order valence-electron chi connectivity index (χ2n) is 1.60. The molecule has 0 unspecified atom stereocenters. The molecule has 4 nitrogen and oxygen atoms in total. The maximum atomic E-state index is 10.6. The fourth-order valence-electron chi connectivity index (χ4n) is 0.332. The van der Waals surface area contributed by atoms with Gasteiger partial charge in [-0.15, -0.1) is 10.9 Å². The summed E-state index contributed by atoms with van der Waals surface area (Å²) < 4.78 is 25.3. The Bertz CT molecular complexity index is 227. The number of hydrogen-bond acceptors (Lipinski definition) is 4. The van der Waals surface area contributed by atoms with Crippen LogP contribution in [-0.2, 0) is 19.3 Å². The predicted octanol–water partition coefficient (Wildman–Crippen LogP) is 0.984. The van der Waals surface area contributed by atoms with E-state index in [4.69, 9.17) is 0 Å². The van der Waals surface area contributed by atoms with E-state index in [1.165, 1.54) is 12.2 Å². The second-order valence-corrected chi connectivity index (χ2v) is 3.00. The van der Waals surface area contributed by atoms with E-state index in [0.29, 0.717) is 0 Å². The molecule has 5 heteroatoms. The molecule has 0 rings (SSSR count). The molecule has 0 amide bonds. The van der Waals surface area contributed by atoms with Crippen LogP contribution in [0, 0.1) is 0 Å². The van der Waals surface area contributed by atoms with Gasteiger partial charge in [0.15, 0.2) is 0 Å². The molecular weight excluding hydrogens is 168 g/mol. The van der Waals surface area contributed by atoms with Crippen LogP contribution in [0.15, 0.2) is 24.1 Å². The normalized spacial score (nSPS) is 12.1. The van der Waals surface area contributed by atoms with Gasteiger partial charge in [0.05, 0.1) is 5.41 Å². The smallest absolute Gasteiger partial charge is 0.215 e. The summed E-state index contributed by atoms with van der Waals surface area (Å²) in [7, 11) is -3.65. The molecule has 0 aromatic rings. The second kappa shape index (κ2) is 5.06. The van der Waals surface area contributed by atoms with Gasteiger partial charge in [-0.3, -0.25) is 0 Å². The molecule has 0 saturated heterocycles. The average Bonchev–Trinajstić information content (AvgIpc) is 1.87. The lowest BCUT2D eigenvalue weighted by Crippen LogP contribution is -2.02. The molecule has 0 aliphatic rings. The van der Waals surface area contributed by atoms with E-state index in [1.54, 1.807) is 6.92 Å². The molecule has 0 aromatic carbocycles. The predicted molar refractivity (Wildman–Crippen MR) is 41.0 cm³/mol. The van der Waals surface area contributed by atoms with Gasteiger partial charge in [0, 0.05) is 0 Å². The summed E-state index contributed by atoms with van der Waals surface area (Å²) in [5.74, 6) is 0. The summed E-state index contributed by atoms with van der Waals surface area (Å²) in [4.78, 5) is 4.24. The van der Waals surface area contributed by atoms with Crippen LogP contribution in [0.5, 0.6) is 0 Å². The first kappa shape index (κ1) is 10.3. The summed E-state index contributed by atoms with van der Waals surface area (Å²) in [6, 6.07) is 0. The van der Waals surface area contributed by atoms with Gasteiger partial charge < -0.3 is 0 Å². The van der Waals surface area contributed by atoms with Crippen LogP contribution in [-0.4, -0.2) is 15.0 Å². The van der Waals surface area contributed by atoms with Crippen LogP contribution in [0.2, 0.25) is 0 Å². The third-order valence-corrected chi connectivity index (χ3v) is 1.52. The highest BCUT2D eigenvalue weighted by molar-refractivity contribution is 7.89. The Kier molecular flexibility index (Phi) is 4.76. The maximum Gasteiger partial charge on any atom is 0.315 e. The summed E-state index contributed by atoms with van der Waals surface area (Å²) in [6.45, 7) is 4.91. The fraction of sp³-hybridized carbons (Fsp3) is 0.333. The van der Waals surface area contributed by atoms with Crippen molar-refractivity contribution in [2.75, 3.05) is 6.61 Å². The van der Waals surface area contributed by atoms with Crippen LogP contribution in [0.25, 0.3) is 0 Å². The maximum absolute atomic E-state index is 10.6. The molecule has 0 spiro atoms. The molecule has 0 saturated carbocycles. The first-order valence-electron chi connectivity index (χ1n) is 2.92. The minimum Gasteiger partial charge on any atom is -0.215 e. The van der Waals surface area contributed by atoms with Crippen LogP contribution in [0.3, 0.4) is 0 Å². The Hall–Kier alpha value is -0.650. The Morgan fingerprint density at radius 2 is 2.18 bits per heavy atom. The monoisotopic (exact) mass is 178 g/mol. The van der Waals surface area contributed by atoms with Crippen molar-refractivity contribution < 1.29 is 17.6 Å². The van der Waals surface area contributed by atoms with Crippen molar-refractivity contribution in [2.24, 2.45) is 0 Å². The van der Waals surface area contributed by atoms with Crippen LogP contribution >= 0.6 is 0 Å². The van der Waals surface area contributed by atoms with Crippen molar-refractivity contribution in [3.05, 3.63) is 24.1 Å².